The average Bonchev–Trinajstić information content (AvgIpc) is 3.31. The second-order valence-electron chi connectivity index (χ2n) is 5.63. The van der Waals surface area contributed by atoms with E-state index in [1.165, 1.54) is 4.88 Å². The summed E-state index contributed by atoms with van der Waals surface area (Å²) in [7, 11) is 0. The molecular formula is C18H20N2O2S2. The monoisotopic (exact) mass is 360 g/mol. The number of likely N-dealkylation sites (tertiary alicyclic amines) is 1. The Morgan fingerprint density at radius 1 is 1.12 bits per heavy atom. The van der Waals surface area contributed by atoms with Gasteiger partial charge in [0.05, 0.1) is 12.1 Å². The number of nitrogens with one attached hydrogen (secondary N) is 1. The minimum Gasteiger partial charge on any atom is -0.343 e. The van der Waals surface area contributed by atoms with Gasteiger partial charge in [0.15, 0.2) is 0 Å². The molecular weight excluding hydrogens is 340 g/mol. The molecule has 0 aliphatic carbocycles. The van der Waals surface area contributed by atoms with Crippen molar-refractivity contribution >= 4 is 34.9 Å². The van der Waals surface area contributed by atoms with E-state index in [4.69, 9.17) is 0 Å². The lowest BCUT2D eigenvalue weighted by atomic mass is 10.2. The van der Waals surface area contributed by atoms with Crippen molar-refractivity contribution in [1.29, 1.82) is 0 Å². The van der Waals surface area contributed by atoms with Crippen LogP contribution in [0.3, 0.4) is 0 Å². The summed E-state index contributed by atoms with van der Waals surface area (Å²) >= 11 is 3.36. The molecule has 1 aromatic heterocycles. The topological polar surface area (TPSA) is 49.4 Å². The van der Waals surface area contributed by atoms with Gasteiger partial charge >= 0.3 is 0 Å². The zero-order valence-corrected chi connectivity index (χ0v) is 15.0. The molecule has 126 valence electrons. The summed E-state index contributed by atoms with van der Waals surface area (Å²) in [4.78, 5) is 28.5. The Balaban J connectivity index is 1.58. The maximum atomic E-state index is 12.5. The number of nitrogens with zero attached hydrogens (tertiary/aromatic N) is 1. The van der Waals surface area contributed by atoms with Crippen molar-refractivity contribution in [2.45, 2.75) is 23.5 Å². The number of carbonyl (C=O) groups is 2. The highest BCUT2D eigenvalue weighted by Crippen LogP contribution is 2.27. The van der Waals surface area contributed by atoms with Crippen molar-refractivity contribution in [2.75, 3.05) is 19.6 Å². The molecule has 2 heterocycles. The number of amides is 2. The fraction of sp³-hybridized carbons (Fsp3) is 0.333. The van der Waals surface area contributed by atoms with Crippen LogP contribution < -0.4 is 5.32 Å². The molecule has 1 aliphatic rings. The molecule has 2 amide bonds. The Kier molecular flexibility index (Phi) is 5.93. The van der Waals surface area contributed by atoms with E-state index < -0.39 is 0 Å². The van der Waals surface area contributed by atoms with Crippen LogP contribution in [0.1, 0.15) is 28.1 Å². The molecule has 1 fully saturated rings. The summed E-state index contributed by atoms with van der Waals surface area (Å²) in [6, 6.07) is 11.7. The predicted octanol–water partition coefficient (Wildman–Crippen LogP) is 3.39. The second kappa shape index (κ2) is 8.35. The molecule has 0 bridgehead atoms. The molecule has 1 aromatic carbocycles. The predicted molar refractivity (Wildman–Crippen MR) is 98.5 cm³/mol. The molecule has 0 radical (unpaired) electrons. The molecule has 0 saturated carbocycles. The van der Waals surface area contributed by atoms with E-state index in [0.717, 1.165) is 36.6 Å². The van der Waals surface area contributed by atoms with Gasteiger partial charge in [-0.05, 0) is 36.4 Å². The first-order chi connectivity index (χ1) is 11.7. The summed E-state index contributed by atoms with van der Waals surface area (Å²) in [5.74, 6) is 0.663. The smallest absolute Gasteiger partial charge is 0.252 e. The van der Waals surface area contributed by atoms with E-state index in [-0.39, 0.29) is 18.4 Å². The van der Waals surface area contributed by atoms with Crippen molar-refractivity contribution in [3.8, 4) is 0 Å². The van der Waals surface area contributed by atoms with Crippen molar-refractivity contribution in [3.05, 3.63) is 52.2 Å². The molecule has 0 atom stereocenters. The number of carbonyl (C=O) groups excluding carboxylic acids is 2. The summed E-state index contributed by atoms with van der Waals surface area (Å²) in [5.41, 5.74) is 0.633. The number of hydrogen-bond donors (Lipinski definition) is 1. The quantitative estimate of drug-likeness (QED) is 0.804. The summed E-state index contributed by atoms with van der Waals surface area (Å²) < 4.78 is 0. The van der Waals surface area contributed by atoms with Crippen LogP contribution in [0.2, 0.25) is 0 Å². The molecule has 0 spiro atoms. The first kappa shape index (κ1) is 17.0. The van der Waals surface area contributed by atoms with Crippen LogP contribution in [-0.2, 0) is 10.5 Å². The van der Waals surface area contributed by atoms with Gasteiger partial charge < -0.3 is 10.2 Å². The third-order valence-electron chi connectivity index (χ3n) is 3.94. The third kappa shape index (κ3) is 4.39. The lowest BCUT2D eigenvalue weighted by Gasteiger charge is -2.16. The summed E-state index contributed by atoms with van der Waals surface area (Å²) in [6.45, 7) is 1.69. The largest absolute Gasteiger partial charge is 0.343 e. The van der Waals surface area contributed by atoms with E-state index in [1.54, 1.807) is 23.1 Å². The van der Waals surface area contributed by atoms with Gasteiger partial charge in [0, 0.05) is 28.6 Å². The number of thioether (sulfide) groups is 1. The molecule has 0 unspecified atom stereocenters. The molecule has 1 aliphatic heterocycles. The van der Waals surface area contributed by atoms with Gasteiger partial charge in [-0.2, -0.15) is 0 Å². The van der Waals surface area contributed by atoms with Crippen LogP contribution in [-0.4, -0.2) is 36.3 Å². The highest BCUT2D eigenvalue weighted by atomic mass is 32.2. The summed E-state index contributed by atoms with van der Waals surface area (Å²) in [6.07, 6.45) is 2.11. The van der Waals surface area contributed by atoms with Crippen molar-refractivity contribution in [2.24, 2.45) is 0 Å². The normalized spacial score (nSPS) is 13.9. The molecule has 1 saturated heterocycles. The Hall–Kier alpha value is -1.79. The second-order valence-corrected chi connectivity index (χ2v) is 7.68. The Labute approximate surface area is 150 Å². The van der Waals surface area contributed by atoms with Gasteiger partial charge in [-0.25, -0.2) is 0 Å². The van der Waals surface area contributed by atoms with Crippen LogP contribution in [0.15, 0.2) is 46.7 Å². The molecule has 4 nitrogen and oxygen atoms in total. The Morgan fingerprint density at radius 3 is 2.67 bits per heavy atom. The van der Waals surface area contributed by atoms with Crippen LogP contribution in [0.5, 0.6) is 0 Å². The number of benzene rings is 1. The minimum absolute atomic E-state index is 0.00423. The molecule has 2 aromatic rings. The fourth-order valence-corrected chi connectivity index (χ4v) is 4.48. The minimum atomic E-state index is -0.183. The molecule has 1 N–H and O–H groups in total. The van der Waals surface area contributed by atoms with Gasteiger partial charge in [-0.15, -0.1) is 23.1 Å². The lowest BCUT2D eigenvalue weighted by Crippen LogP contribution is -2.38. The third-order valence-corrected chi connectivity index (χ3v) is 6.12. The number of hydrogen-bond acceptors (Lipinski definition) is 4. The molecule has 6 heteroatoms. The molecule has 3 rings (SSSR count). The van der Waals surface area contributed by atoms with E-state index in [1.807, 2.05) is 35.2 Å². The fourth-order valence-electron chi connectivity index (χ4n) is 2.65. The standard InChI is InChI=1S/C18H20N2O2S2/c21-17(20-9-3-4-10-20)12-19-18(22)15-7-1-2-8-16(15)24-13-14-6-5-11-23-14/h1-2,5-8,11H,3-4,9-10,12-13H2,(H,19,22). The van der Waals surface area contributed by atoms with Crippen molar-refractivity contribution < 1.29 is 9.59 Å². The van der Waals surface area contributed by atoms with Crippen LogP contribution >= 0.6 is 23.1 Å². The zero-order chi connectivity index (χ0) is 16.8. The van der Waals surface area contributed by atoms with Gasteiger partial charge in [-0.1, -0.05) is 18.2 Å². The van der Waals surface area contributed by atoms with E-state index in [2.05, 4.69) is 16.8 Å². The van der Waals surface area contributed by atoms with Crippen LogP contribution in [0, 0.1) is 0 Å². The Morgan fingerprint density at radius 2 is 1.92 bits per heavy atom. The lowest BCUT2D eigenvalue weighted by molar-refractivity contribution is -0.129. The first-order valence-corrected chi connectivity index (χ1v) is 9.91. The molecule has 24 heavy (non-hydrogen) atoms. The van der Waals surface area contributed by atoms with E-state index in [9.17, 15) is 9.59 Å². The maximum Gasteiger partial charge on any atom is 0.252 e. The Bertz CT molecular complexity index is 695. The summed E-state index contributed by atoms with van der Waals surface area (Å²) in [5, 5.41) is 4.82. The van der Waals surface area contributed by atoms with E-state index in [0.29, 0.717) is 5.56 Å². The zero-order valence-electron chi connectivity index (χ0n) is 13.4. The number of thiophene rings is 1. The average molecular weight is 361 g/mol. The number of rotatable bonds is 6. The van der Waals surface area contributed by atoms with Crippen molar-refractivity contribution in [1.82, 2.24) is 10.2 Å². The van der Waals surface area contributed by atoms with Gasteiger partial charge in [0.1, 0.15) is 0 Å². The van der Waals surface area contributed by atoms with Gasteiger partial charge in [0.25, 0.3) is 5.91 Å². The van der Waals surface area contributed by atoms with Crippen molar-refractivity contribution in [3.63, 3.8) is 0 Å². The maximum absolute atomic E-state index is 12.5. The SMILES string of the molecule is O=C(NCC(=O)N1CCCC1)c1ccccc1SCc1cccs1. The highest BCUT2D eigenvalue weighted by molar-refractivity contribution is 7.98. The van der Waals surface area contributed by atoms with Gasteiger partial charge in [-0.3, -0.25) is 9.59 Å². The highest BCUT2D eigenvalue weighted by Gasteiger charge is 2.19. The van der Waals surface area contributed by atoms with E-state index >= 15 is 0 Å². The van der Waals surface area contributed by atoms with Gasteiger partial charge in [0.2, 0.25) is 5.91 Å². The first-order valence-electron chi connectivity index (χ1n) is 8.04. The van der Waals surface area contributed by atoms with Crippen LogP contribution in [0.4, 0.5) is 0 Å². The van der Waals surface area contributed by atoms with Crippen LogP contribution in [0.25, 0.3) is 0 Å².